The maximum absolute atomic E-state index is 12.3. The zero-order valence-corrected chi connectivity index (χ0v) is 14.4. The Morgan fingerprint density at radius 1 is 1.18 bits per heavy atom. The van der Waals surface area contributed by atoms with Crippen molar-refractivity contribution in [3.8, 4) is 0 Å². The predicted molar refractivity (Wildman–Crippen MR) is 86.7 cm³/mol. The first-order chi connectivity index (χ1) is 10.5. The maximum atomic E-state index is 12.3. The quantitative estimate of drug-likeness (QED) is 0.730. The Bertz CT molecular complexity index is 376. The molecule has 0 aromatic heterocycles. The van der Waals surface area contributed by atoms with Crippen LogP contribution in [-0.2, 0) is 4.74 Å². The number of rotatable bonds is 5. The van der Waals surface area contributed by atoms with Crippen molar-refractivity contribution in [2.75, 3.05) is 7.11 Å². The first kappa shape index (κ1) is 17.5. The summed E-state index contributed by atoms with van der Waals surface area (Å²) in [6.45, 7) is 6.51. The van der Waals surface area contributed by atoms with Crippen LogP contribution in [0.4, 0.5) is 4.79 Å². The average Bonchev–Trinajstić information content (AvgIpc) is 2.52. The molecule has 2 saturated carbocycles. The fourth-order valence-electron chi connectivity index (χ4n) is 4.69. The van der Waals surface area contributed by atoms with Gasteiger partial charge in [-0.05, 0) is 38.5 Å². The van der Waals surface area contributed by atoms with Crippen molar-refractivity contribution in [3.05, 3.63) is 0 Å². The van der Waals surface area contributed by atoms with Gasteiger partial charge in [0.15, 0.2) is 0 Å². The lowest BCUT2D eigenvalue weighted by atomic mass is 9.53. The standard InChI is InChI=1S/C17H32N2O3/c1-5-17(6-2)14(11(3)15(17)22-4)19-16(21)18-12-7-9-13(20)10-8-12/h11-15,20H,5-10H2,1-4H3,(H2,18,19,21). The van der Waals surface area contributed by atoms with Gasteiger partial charge in [0, 0.05) is 30.5 Å². The molecule has 0 heterocycles. The lowest BCUT2D eigenvalue weighted by Crippen LogP contribution is -2.71. The Hall–Kier alpha value is -0.810. The molecule has 0 saturated heterocycles. The molecule has 5 nitrogen and oxygen atoms in total. The van der Waals surface area contributed by atoms with Crippen LogP contribution >= 0.6 is 0 Å². The summed E-state index contributed by atoms with van der Waals surface area (Å²) >= 11 is 0. The zero-order valence-electron chi connectivity index (χ0n) is 14.4. The maximum Gasteiger partial charge on any atom is 0.315 e. The Morgan fingerprint density at radius 2 is 1.77 bits per heavy atom. The van der Waals surface area contributed by atoms with E-state index in [0.717, 1.165) is 38.5 Å². The minimum absolute atomic E-state index is 0.0499. The second kappa shape index (κ2) is 7.18. The van der Waals surface area contributed by atoms with Crippen molar-refractivity contribution in [3.63, 3.8) is 0 Å². The van der Waals surface area contributed by atoms with Crippen molar-refractivity contribution < 1.29 is 14.6 Å². The smallest absolute Gasteiger partial charge is 0.315 e. The molecule has 0 aromatic carbocycles. The molecule has 0 aliphatic heterocycles. The van der Waals surface area contributed by atoms with Gasteiger partial charge in [-0.2, -0.15) is 0 Å². The number of amides is 2. The third-order valence-electron chi connectivity index (χ3n) is 6.08. The van der Waals surface area contributed by atoms with Gasteiger partial charge in [-0.1, -0.05) is 20.8 Å². The molecule has 2 fully saturated rings. The fourth-order valence-corrected chi connectivity index (χ4v) is 4.69. The van der Waals surface area contributed by atoms with Crippen LogP contribution in [0, 0.1) is 11.3 Å². The number of carbonyl (C=O) groups excluding carboxylic acids is 1. The molecule has 0 bridgehead atoms. The summed E-state index contributed by atoms with van der Waals surface area (Å²) in [7, 11) is 1.77. The number of carbonyl (C=O) groups is 1. The SMILES string of the molecule is CCC1(CC)C(NC(=O)NC2CCC(O)CC2)C(C)C1OC. The highest BCUT2D eigenvalue weighted by Crippen LogP contribution is 2.52. The van der Waals surface area contributed by atoms with Crippen molar-refractivity contribution >= 4 is 6.03 Å². The highest BCUT2D eigenvalue weighted by Gasteiger charge is 2.58. The number of nitrogens with one attached hydrogen (secondary N) is 2. The molecule has 5 heteroatoms. The summed E-state index contributed by atoms with van der Waals surface area (Å²) < 4.78 is 5.67. The Morgan fingerprint density at radius 3 is 2.27 bits per heavy atom. The Labute approximate surface area is 134 Å². The summed E-state index contributed by atoms with van der Waals surface area (Å²) in [6.07, 6.45) is 5.33. The summed E-state index contributed by atoms with van der Waals surface area (Å²) in [5.41, 5.74) is 0.0499. The van der Waals surface area contributed by atoms with Crippen molar-refractivity contribution in [2.24, 2.45) is 11.3 Å². The van der Waals surface area contributed by atoms with E-state index >= 15 is 0 Å². The van der Waals surface area contributed by atoms with Crippen molar-refractivity contribution in [1.29, 1.82) is 0 Å². The molecule has 3 unspecified atom stereocenters. The van der Waals surface area contributed by atoms with Crippen LogP contribution in [0.2, 0.25) is 0 Å². The molecule has 3 N–H and O–H groups in total. The summed E-state index contributed by atoms with van der Waals surface area (Å²) in [5, 5.41) is 15.8. The molecule has 0 spiro atoms. The second-order valence-corrected chi connectivity index (χ2v) is 7.06. The molecular formula is C17H32N2O3. The normalized spacial score (nSPS) is 37.2. The van der Waals surface area contributed by atoms with Gasteiger partial charge in [0.05, 0.1) is 12.2 Å². The molecule has 22 heavy (non-hydrogen) atoms. The third-order valence-corrected chi connectivity index (χ3v) is 6.08. The van der Waals surface area contributed by atoms with Gasteiger partial charge in [-0.3, -0.25) is 0 Å². The monoisotopic (exact) mass is 312 g/mol. The van der Waals surface area contributed by atoms with Gasteiger partial charge in [-0.15, -0.1) is 0 Å². The molecule has 2 amide bonds. The van der Waals surface area contributed by atoms with Crippen LogP contribution in [0.5, 0.6) is 0 Å². The summed E-state index contributed by atoms with van der Waals surface area (Å²) in [6, 6.07) is 0.287. The molecule has 128 valence electrons. The van der Waals surface area contributed by atoms with E-state index in [9.17, 15) is 9.90 Å². The molecule has 2 rings (SSSR count). The number of hydrogen-bond donors (Lipinski definition) is 3. The number of hydrogen-bond acceptors (Lipinski definition) is 3. The molecule has 2 aliphatic rings. The van der Waals surface area contributed by atoms with E-state index in [1.807, 2.05) is 0 Å². The number of aliphatic hydroxyl groups excluding tert-OH is 1. The third kappa shape index (κ3) is 3.11. The van der Waals surface area contributed by atoms with E-state index in [0.29, 0.717) is 5.92 Å². The predicted octanol–water partition coefficient (Wildman–Crippen LogP) is 2.43. The van der Waals surface area contributed by atoms with E-state index in [4.69, 9.17) is 4.74 Å². The molecular weight excluding hydrogens is 280 g/mol. The van der Waals surface area contributed by atoms with Crippen LogP contribution in [-0.4, -0.2) is 42.5 Å². The first-order valence-corrected chi connectivity index (χ1v) is 8.76. The molecule has 0 aromatic rings. The van der Waals surface area contributed by atoms with Gasteiger partial charge >= 0.3 is 6.03 Å². The minimum atomic E-state index is -0.192. The van der Waals surface area contributed by atoms with Gasteiger partial charge < -0.3 is 20.5 Å². The lowest BCUT2D eigenvalue weighted by molar-refractivity contribution is -0.164. The average molecular weight is 312 g/mol. The number of methoxy groups -OCH3 is 1. The van der Waals surface area contributed by atoms with Gasteiger partial charge in [-0.25, -0.2) is 4.79 Å². The number of ether oxygens (including phenoxy) is 1. The minimum Gasteiger partial charge on any atom is -0.393 e. The molecule has 2 aliphatic carbocycles. The fraction of sp³-hybridized carbons (Fsp3) is 0.941. The van der Waals surface area contributed by atoms with Gasteiger partial charge in [0.2, 0.25) is 0 Å². The Kier molecular flexibility index (Phi) is 5.72. The highest BCUT2D eigenvalue weighted by atomic mass is 16.5. The van der Waals surface area contributed by atoms with Gasteiger partial charge in [0.1, 0.15) is 0 Å². The summed E-state index contributed by atoms with van der Waals surface area (Å²) in [5.74, 6) is 0.337. The van der Waals surface area contributed by atoms with Gasteiger partial charge in [0.25, 0.3) is 0 Å². The van der Waals surface area contributed by atoms with E-state index in [-0.39, 0.29) is 35.7 Å². The van der Waals surface area contributed by atoms with Crippen LogP contribution in [0.1, 0.15) is 59.3 Å². The van der Waals surface area contributed by atoms with E-state index in [1.54, 1.807) is 7.11 Å². The van der Waals surface area contributed by atoms with E-state index < -0.39 is 0 Å². The van der Waals surface area contributed by atoms with Crippen LogP contribution < -0.4 is 10.6 Å². The van der Waals surface area contributed by atoms with Crippen molar-refractivity contribution in [2.45, 2.75) is 83.6 Å². The second-order valence-electron chi connectivity index (χ2n) is 7.06. The highest BCUT2D eigenvalue weighted by molar-refractivity contribution is 5.75. The molecule has 0 radical (unpaired) electrons. The lowest BCUT2D eigenvalue weighted by Gasteiger charge is -2.59. The van der Waals surface area contributed by atoms with E-state index in [2.05, 4.69) is 31.4 Å². The zero-order chi connectivity index (χ0) is 16.3. The number of aliphatic hydroxyl groups is 1. The van der Waals surface area contributed by atoms with Crippen LogP contribution in [0.15, 0.2) is 0 Å². The summed E-state index contributed by atoms with van der Waals surface area (Å²) in [4.78, 5) is 12.3. The molecule has 3 atom stereocenters. The first-order valence-electron chi connectivity index (χ1n) is 8.76. The van der Waals surface area contributed by atoms with Crippen LogP contribution in [0.25, 0.3) is 0 Å². The van der Waals surface area contributed by atoms with E-state index in [1.165, 1.54) is 0 Å². The van der Waals surface area contributed by atoms with Crippen LogP contribution in [0.3, 0.4) is 0 Å². The largest absolute Gasteiger partial charge is 0.393 e. The van der Waals surface area contributed by atoms with Crippen molar-refractivity contribution in [1.82, 2.24) is 10.6 Å². The number of urea groups is 1. The topological polar surface area (TPSA) is 70.6 Å². The Balaban J connectivity index is 1.90.